The summed E-state index contributed by atoms with van der Waals surface area (Å²) in [7, 11) is 1.29. The van der Waals surface area contributed by atoms with Crippen LogP contribution in [-0.4, -0.2) is 36.5 Å². The number of anilines is 1. The third-order valence-corrected chi connectivity index (χ3v) is 3.51. The van der Waals surface area contributed by atoms with Crippen LogP contribution >= 0.6 is 11.8 Å². The number of amides is 1. The van der Waals surface area contributed by atoms with E-state index in [4.69, 9.17) is 5.73 Å². The Kier molecular flexibility index (Phi) is 6.38. The molecule has 0 saturated heterocycles. The number of para-hydroxylation sites is 1. The van der Waals surface area contributed by atoms with E-state index in [1.54, 1.807) is 0 Å². The van der Waals surface area contributed by atoms with E-state index in [0.29, 0.717) is 5.75 Å². The van der Waals surface area contributed by atoms with Crippen LogP contribution in [0.2, 0.25) is 0 Å². The zero-order valence-electron chi connectivity index (χ0n) is 11.0. The van der Waals surface area contributed by atoms with Crippen molar-refractivity contribution in [1.29, 1.82) is 0 Å². The molecule has 104 valence electrons. The van der Waals surface area contributed by atoms with Gasteiger partial charge in [0.05, 0.1) is 12.9 Å². The van der Waals surface area contributed by atoms with Gasteiger partial charge in [0.25, 0.3) is 0 Å². The van der Waals surface area contributed by atoms with Crippen LogP contribution in [0, 0.1) is 6.92 Å². The Labute approximate surface area is 116 Å². The average Bonchev–Trinajstić information content (AvgIpc) is 2.40. The van der Waals surface area contributed by atoms with E-state index < -0.39 is 12.0 Å². The van der Waals surface area contributed by atoms with Crippen molar-refractivity contribution in [3.05, 3.63) is 29.8 Å². The first-order valence-corrected chi connectivity index (χ1v) is 6.96. The summed E-state index contributed by atoms with van der Waals surface area (Å²) in [6, 6.07) is 6.85. The predicted molar refractivity (Wildman–Crippen MR) is 77.1 cm³/mol. The quantitative estimate of drug-likeness (QED) is 0.765. The molecular formula is C13H18N2O3S. The molecule has 0 bridgehead atoms. The number of carbonyl (C=O) groups excluding carboxylic acids is 2. The molecule has 1 atom stereocenters. The molecule has 0 aliphatic heterocycles. The molecule has 5 nitrogen and oxygen atoms in total. The number of nitrogens with one attached hydrogen (secondary N) is 1. The molecule has 0 saturated carbocycles. The summed E-state index contributed by atoms with van der Waals surface area (Å²) in [6.07, 6.45) is 0. The van der Waals surface area contributed by atoms with Crippen LogP contribution in [0.1, 0.15) is 5.56 Å². The fraction of sp³-hybridized carbons (Fsp3) is 0.385. The molecule has 1 amide bonds. The normalized spacial score (nSPS) is 11.7. The summed E-state index contributed by atoms with van der Waals surface area (Å²) >= 11 is 1.30. The second-order valence-electron chi connectivity index (χ2n) is 4.01. The first-order valence-electron chi connectivity index (χ1n) is 5.81. The maximum absolute atomic E-state index is 11.7. The maximum atomic E-state index is 11.7. The Bertz CT molecular complexity index is 451. The zero-order chi connectivity index (χ0) is 14.3. The molecule has 0 aliphatic carbocycles. The molecular weight excluding hydrogens is 264 g/mol. The molecule has 0 aromatic heterocycles. The lowest BCUT2D eigenvalue weighted by molar-refractivity contribution is -0.141. The molecule has 0 heterocycles. The van der Waals surface area contributed by atoms with Crippen molar-refractivity contribution >= 4 is 29.3 Å². The number of thioether (sulfide) groups is 1. The third-order valence-electron chi connectivity index (χ3n) is 2.45. The van der Waals surface area contributed by atoms with Gasteiger partial charge in [0.1, 0.15) is 6.04 Å². The Balaban J connectivity index is 2.33. The van der Waals surface area contributed by atoms with Crippen molar-refractivity contribution in [2.75, 3.05) is 23.9 Å². The number of hydrogen-bond donors (Lipinski definition) is 2. The van der Waals surface area contributed by atoms with E-state index in [9.17, 15) is 9.59 Å². The van der Waals surface area contributed by atoms with Gasteiger partial charge in [0, 0.05) is 11.4 Å². The Morgan fingerprint density at radius 3 is 2.74 bits per heavy atom. The second-order valence-corrected chi connectivity index (χ2v) is 5.04. The number of methoxy groups -OCH3 is 1. The Morgan fingerprint density at radius 2 is 2.11 bits per heavy atom. The van der Waals surface area contributed by atoms with E-state index in [0.717, 1.165) is 11.3 Å². The van der Waals surface area contributed by atoms with Crippen LogP contribution in [0.25, 0.3) is 0 Å². The van der Waals surface area contributed by atoms with Gasteiger partial charge in [-0.2, -0.15) is 0 Å². The van der Waals surface area contributed by atoms with E-state index in [1.807, 2.05) is 31.2 Å². The lowest BCUT2D eigenvalue weighted by Gasteiger charge is -2.10. The van der Waals surface area contributed by atoms with Crippen LogP contribution < -0.4 is 11.1 Å². The molecule has 0 aliphatic rings. The van der Waals surface area contributed by atoms with Crippen molar-refractivity contribution in [2.24, 2.45) is 5.73 Å². The smallest absolute Gasteiger partial charge is 0.323 e. The molecule has 1 unspecified atom stereocenters. The van der Waals surface area contributed by atoms with E-state index in [2.05, 4.69) is 10.1 Å². The molecule has 3 N–H and O–H groups in total. The van der Waals surface area contributed by atoms with Crippen molar-refractivity contribution in [2.45, 2.75) is 13.0 Å². The zero-order valence-corrected chi connectivity index (χ0v) is 11.8. The fourth-order valence-corrected chi connectivity index (χ4v) is 2.16. The molecule has 19 heavy (non-hydrogen) atoms. The molecule has 1 rings (SSSR count). The van der Waals surface area contributed by atoms with E-state index in [1.165, 1.54) is 18.9 Å². The highest BCUT2D eigenvalue weighted by molar-refractivity contribution is 8.00. The minimum atomic E-state index is -0.693. The predicted octanol–water partition coefficient (Wildman–Crippen LogP) is 1.17. The topological polar surface area (TPSA) is 81.4 Å². The van der Waals surface area contributed by atoms with Crippen LogP contribution in [0.15, 0.2) is 24.3 Å². The minimum Gasteiger partial charge on any atom is -0.468 e. The van der Waals surface area contributed by atoms with Gasteiger partial charge >= 0.3 is 5.97 Å². The van der Waals surface area contributed by atoms with Crippen LogP contribution in [0.5, 0.6) is 0 Å². The van der Waals surface area contributed by atoms with Crippen molar-refractivity contribution in [3.8, 4) is 0 Å². The second kappa shape index (κ2) is 7.81. The molecule has 1 aromatic carbocycles. The summed E-state index contributed by atoms with van der Waals surface area (Å²) in [5.41, 5.74) is 7.37. The monoisotopic (exact) mass is 282 g/mol. The lowest BCUT2D eigenvalue weighted by atomic mass is 10.2. The number of nitrogens with two attached hydrogens (primary N) is 1. The molecule has 1 aromatic rings. The van der Waals surface area contributed by atoms with Gasteiger partial charge in [-0.05, 0) is 18.6 Å². The number of carbonyl (C=O) groups is 2. The highest BCUT2D eigenvalue weighted by atomic mass is 32.2. The number of rotatable bonds is 6. The Morgan fingerprint density at radius 1 is 1.42 bits per heavy atom. The summed E-state index contributed by atoms with van der Waals surface area (Å²) in [5.74, 6) is 0.0237. The molecule has 0 spiro atoms. The number of hydrogen-bond acceptors (Lipinski definition) is 5. The van der Waals surface area contributed by atoms with Gasteiger partial charge in [-0.3, -0.25) is 9.59 Å². The largest absolute Gasteiger partial charge is 0.468 e. The number of esters is 1. The molecule has 0 fully saturated rings. The lowest BCUT2D eigenvalue weighted by Crippen LogP contribution is -2.34. The minimum absolute atomic E-state index is 0.114. The summed E-state index contributed by atoms with van der Waals surface area (Å²) in [5, 5.41) is 2.81. The van der Waals surface area contributed by atoms with Gasteiger partial charge in [-0.1, -0.05) is 18.2 Å². The summed E-state index contributed by atoms with van der Waals surface area (Å²) < 4.78 is 4.50. The van der Waals surface area contributed by atoms with Crippen molar-refractivity contribution in [1.82, 2.24) is 0 Å². The summed E-state index contributed by atoms with van der Waals surface area (Å²) in [6.45, 7) is 1.93. The third kappa shape index (κ3) is 5.32. The molecule has 0 radical (unpaired) electrons. The van der Waals surface area contributed by atoms with Gasteiger partial charge in [0.15, 0.2) is 0 Å². The standard InChI is InChI=1S/C13H18N2O3S/c1-9-5-3-4-6-11(9)15-12(16)8-19-7-10(14)13(17)18-2/h3-6,10H,7-8,14H2,1-2H3,(H,15,16). The van der Waals surface area contributed by atoms with Gasteiger partial charge in [-0.25, -0.2) is 0 Å². The SMILES string of the molecule is COC(=O)C(N)CSCC(=O)Nc1ccccc1C. The fourth-order valence-electron chi connectivity index (χ4n) is 1.40. The average molecular weight is 282 g/mol. The van der Waals surface area contributed by atoms with Gasteiger partial charge < -0.3 is 15.8 Å². The summed E-state index contributed by atoms with van der Waals surface area (Å²) in [4.78, 5) is 22.8. The van der Waals surface area contributed by atoms with Crippen molar-refractivity contribution < 1.29 is 14.3 Å². The van der Waals surface area contributed by atoms with Gasteiger partial charge in [0.2, 0.25) is 5.91 Å². The van der Waals surface area contributed by atoms with E-state index >= 15 is 0 Å². The first-order chi connectivity index (χ1) is 9.04. The number of ether oxygens (including phenoxy) is 1. The highest BCUT2D eigenvalue weighted by Crippen LogP contribution is 2.13. The molecule has 6 heteroatoms. The van der Waals surface area contributed by atoms with E-state index in [-0.39, 0.29) is 11.7 Å². The highest BCUT2D eigenvalue weighted by Gasteiger charge is 2.14. The number of aryl methyl sites for hydroxylation is 1. The number of benzene rings is 1. The Hall–Kier alpha value is -1.53. The first kappa shape index (κ1) is 15.5. The maximum Gasteiger partial charge on any atom is 0.323 e. The van der Waals surface area contributed by atoms with Crippen LogP contribution in [-0.2, 0) is 14.3 Å². The van der Waals surface area contributed by atoms with Crippen molar-refractivity contribution in [3.63, 3.8) is 0 Å². The van der Waals surface area contributed by atoms with Gasteiger partial charge in [-0.15, -0.1) is 11.8 Å². The van der Waals surface area contributed by atoms with Crippen LogP contribution in [0.3, 0.4) is 0 Å². The van der Waals surface area contributed by atoms with Crippen LogP contribution in [0.4, 0.5) is 5.69 Å².